The van der Waals surface area contributed by atoms with Crippen molar-refractivity contribution in [2.45, 2.75) is 31.6 Å². The quantitative estimate of drug-likeness (QED) is 0.814. The Kier molecular flexibility index (Phi) is 5.30. The number of benzene rings is 1. The van der Waals surface area contributed by atoms with Crippen molar-refractivity contribution in [2.24, 2.45) is 0 Å². The molecule has 0 aliphatic heterocycles. The zero-order valence-electron chi connectivity index (χ0n) is 11.1. The summed E-state index contributed by atoms with van der Waals surface area (Å²) >= 11 is 0. The highest BCUT2D eigenvalue weighted by molar-refractivity contribution is 7.91. The lowest BCUT2D eigenvalue weighted by atomic mass is 10.0. The molecule has 0 aliphatic carbocycles. The number of carbonyl (C=O) groups is 1. The fraction of sp³-hybridized carbons (Fsp3) is 0.357. The average Bonchev–Trinajstić information content (AvgIpc) is 2.38. The van der Waals surface area contributed by atoms with E-state index in [9.17, 15) is 13.2 Å². The summed E-state index contributed by atoms with van der Waals surface area (Å²) in [6.45, 7) is 3.53. The first kappa shape index (κ1) is 15.4. The predicted molar refractivity (Wildman–Crippen MR) is 74.7 cm³/mol. The van der Waals surface area contributed by atoms with Crippen molar-refractivity contribution in [1.29, 1.82) is 0 Å². The number of carboxylic acid groups (broad SMARTS) is 1. The molecule has 0 saturated carbocycles. The Morgan fingerprint density at radius 3 is 2.53 bits per heavy atom. The minimum atomic E-state index is -3.27. The Balaban J connectivity index is 3.27. The lowest BCUT2D eigenvalue weighted by Gasteiger charge is -2.08. The third-order valence-corrected chi connectivity index (χ3v) is 4.49. The van der Waals surface area contributed by atoms with Crippen LogP contribution in [-0.2, 0) is 14.6 Å². The van der Waals surface area contributed by atoms with E-state index in [-0.39, 0.29) is 10.6 Å². The van der Waals surface area contributed by atoms with E-state index < -0.39 is 15.8 Å². The van der Waals surface area contributed by atoms with Crippen LogP contribution in [0.4, 0.5) is 0 Å². The summed E-state index contributed by atoms with van der Waals surface area (Å²) in [4.78, 5) is 11.0. The van der Waals surface area contributed by atoms with E-state index in [0.29, 0.717) is 17.6 Å². The van der Waals surface area contributed by atoms with Crippen molar-refractivity contribution in [3.8, 4) is 0 Å². The van der Waals surface area contributed by atoms with Gasteiger partial charge in [-0.15, -0.1) is 0 Å². The molecule has 104 valence electrons. The molecule has 0 fully saturated rings. The Hall–Kier alpha value is -1.62. The number of rotatable bonds is 6. The zero-order chi connectivity index (χ0) is 14.5. The Morgan fingerprint density at radius 1 is 1.32 bits per heavy atom. The molecule has 1 N–H and O–H groups in total. The number of aliphatic carboxylic acids is 1. The topological polar surface area (TPSA) is 71.4 Å². The van der Waals surface area contributed by atoms with Gasteiger partial charge in [0.05, 0.1) is 10.6 Å². The minimum absolute atomic E-state index is 0.0300. The fourth-order valence-corrected chi connectivity index (χ4v) is 2.70. The van der Waals surface area contributed by atoms with Gasteiger partial charge in [-0.25, -0.2) is 13.2 Å². The van der Waals surface area contributed by atoms with Gasteiger partial charge in [-0.05, 0) is 29.7 Å². The van der Waals surface area contributed by atoms with Gasteiger partial charge in [0, 0.05) is 6.08 Å². The maximum atomic E-state index is 11.8. The standard InChI is InChI=1S/C14H18O4S/c1-3-6-11(10-14(15)16)12-7-5-8-13(9-12)19(17,18)4-2/h5,7-10H,3-4,6H2,1-2H3,(H,15,16)/b11-10+. The van der Waals surface area contributed by atoms with E-state index in [4.69, 9.17) is 5.11 Å². The SMILES string of the molecule is CCC/C(=C\C(=O)O)c1cccc(S(=O)(=O)CC)c1. The smallest absolute Gasteiger partial charge is 0.328 e. The van der Waals surface area contributed by atoms with Crippen LogP contribution in [-0.4, -0.2) is 25.2 Å². The Morgan fingerprint density at radius 2 is 2.00 bits per heavy atom. The second-order valence-electron chi connectivity index (χ2n) is 4.19. The van der Waals surface area contributed by atoms with Crippen LogP contribution in [0.25, 0.3) is 5.57 Å². The summed E-state index contributed by atoms with van der Waals surface area (Å²) in [5.41, 5.74) is 1.29. The molecular weight excluding hydrogens is 264 g/mol. The Bertz CT molecular complexity index is 585. The van der Waals surface area contributed by atoms with E-state index in [1.54, 1.807) is 25.1 Å². The largest absolute Gasteiger partial charge is 0.478 e. The van der Waals surface area contributed by atoms with Crippen LogP contribution in [0.15, 0.2) is 35.2 Å². The van der Waals surface area contributed by atoms with Gasteiger partial charge in [0.15, 0.2) is 9.84 Å². The van der Waals surface area contributed by atoms with Gasteiger partial charge >= 0.3 is 5.97 Å². The molecule has 0 unspecified atom stereocenters. The maximum Gasteiger partial charge on any atom is 0.328 e. The van der Waals surface area contributed by atoms with Crippen molar-refractivity contribution >= 4 is 21.4 Å². The highest BCUT2D eigenvalue weighted by atomic mass is 32.2. The highest BCUT2D eigenvalue weighted by Gasteiger charge is 2.13. The molecule has 0 amide bonds. The van der Waals surface area contributed by atoms with Gasteiger partial charge in [-0.3, -0.25) is 0 Å². The highest BCUT2D eigenvalue weighted by Crippen LogP contribution is 2.23. The van der Waals surface area contributed by atoms with Crippen molar-refractivity contribution in [3.63, 3.8) is 0 Å². The molecule has 1 aromatic rings. The summed E-state index contributed by atoms with van der Waals surface area (Å²) < 4.78 is 23.6. The molecule has 0 radical (unpaired) electrons. The van der Waals surface area contributed by atoms with Crippen LogP contribution in [0.5, 0.6) is 0 Å². The van der Waals surface area contributed by atoms with Crippen LogP contribution < -0.4 is 0 Å². The van der Waals surface area contributed by atoms with Gasteiger partial charge in [0.1, 0.15) is 0 Å². The molecule has 0 bridgehead atoms. The molecule has 19 heavy (non-hydrogen) atoms. The first-order valence-corrected chi connectivity index (χ1v) is 7.82. The van der Waals surface area contributed by atoms with Crippen molar-refractivity contribution in [3.05, 3.63) is 35.9 Å². The van der Waals surface area contributed by atoms with Gasteiger partial charge < -0.3 is 5.11 Å². The molecule has 0 aromatic heterocycles. The summed E-state index contributed by atoms with van der Waals surface area (Å²) in [6.07, 6.45) is 2.53. The molecule has 0 spiro atoms. The summed E-state index contributed by atoms with van der Waals surface area (Å²) in [7, 11) is -3.27. The van der Waals surface area contributed by atoms with Crippen molar-refractivity contribution in [1.82, 2.24) is 0 Å². The number of sulfone groups is 1. The normalized spacial score (nSPS) is 12.4. The predicted octanol–water partition coefficient (Wildman–Crippen LogP) is 2.75. The molecule has 5 heteroatoms. The molecule has 0 saturated heterocycles. The average molecular weight is 282 g/mol. The lowest BCUT2D eigenvalue weighted by Crippen LogP contribution is -2.04. The second kappa shape index (κ2) is 6.52. The van der Waals surface area contributed by atoms with Crippen LogP contribution >= 0.6 is 0 Å². The van der Waals surface area contributed by atoms with E-state index in [1.807, 2.05) is 6.92 Å². The molecule has 0 aliphatic rings. The van der Waals surface area contributed by atoms with E-state index in [1.165, 1.54) is 6.07 Å². The number of hydrogen-bond donors (Lipinski definition) is 1. The zero-order valence-corrected chi connectivity index (χ0v) is 11.9. The van der Waals surface area contributed by atoms with Gasteiger partial charge in [0.25, 0.3) is 0 Å². The molecule has 1 rings (SSSR count). The molecule has 0 atom stereocenters. The molecule has 0 heterocycles. The number of allylic oxidation sites excluding steroid dienone is 1. The van der Waals surface area contributed by atoms with Crippen LogP contribution in [0.2, 0.25) is 0 Å². The molecule has 4 nitrogen and oxygen atoms in total. The number of hydrogen-bond acceptors (Lipinski definition) is 3. The summed E-state index contributed by atoms with van der Waals surface area (Å²) in [5, 5.41) is 8.85. The van der Waals surface area contributed by atoms with E-state index >= 15 is 0 Å². The Labute approximate surface area is 113 Å². The monoisotopic (exact) mass is 282 g/mol. The fourth-order valence-electron chi connectivity index (χ4n) is 1.77. The minimum Gasteiger partial charge on any atom is -0.478 e. The van der Waals surface area contributed by atoms with Crippen LogP contribution in [0.3, 0.4) is 0 Å². The van der Waals surface area contributed by atoms with Crippen molar-refractivity contribution in [2.75, 3.05) is 5.75 Å². The lowest BCUT2D eigenvalue weighted by molar-refractivity contribution is -0.131. The van der Waals surface area contributed by atoms with Gasteiger partial charge in [0.2, 0.25) is 0 Å². The van der Waals surface area contributed by atoms with Crippen LogP contribution in [0.1, 0.15) is 32.3 Å². The van der Waals surface area contributed by atoms with E-state index in [2.05, 4.69) is 0 Å². The maximum absolute atomic E-state index is 11.8. The summed E-state index contributed by atoms with van der Waals surface area (Å²) in [5.74, 6) is -0.991. The van der Waals surface area contributed by atoms with Gasteiger partial charge in [-0.1, -0.05) is 32.4 Å². The third kappa shape index (κ3) is 4.21. The van der Waals surface area contributed by atoms with E-state index in [0.717, 1.165) is 12.5 Å². The number of carboxylic acids is 1. The van der Waals surface area contributed by atoms with Crippen LogP contribution in [0, 0.1) is 0 Å². The summed E-state index contributed by atoms with van der Waals surface area (Å²) in [6, 6.07) is 6.46. The first-order valence-electron chi connectivity index (χ1n) is 6.17. The first-order chi connectivity index (χ1) is 8.90. The van der Waals surface area contributed by atoms with Gasteiger partial charge in [-0.2, -0.15) is 0 Å². The second-order valence-corrected chi connectivity index (χ2v) is 6.47. The van der Waals surface area contributed by atoms with Crippen molar-refractivity contribution < 1.29 is 18.3 Å². The third-order valence-electron chi connectivity index (χ3n) is 2.76. The molecule has 1 aromatic carbocycles. The molecular formula is C14H18O4S.